The van der Waals surface area contributed by atoms with Crippen molar-refractivity contribution in [3.63, 3.8) is 0 Å². The number of amides is 1. The summed E-state index contributed by atoms with van der Waals surface area (Å²) in [5, 5.41) is 11.7. The molecule has 1 fully saturated rings. The summed E-state index contributed by atoms with van der Waals surface area (Å²) in [5.41, 5.74) is 1.32. The van der Waals surface area contributed by atoms with E-state index in [1.165, 1.54) is 0 Å². The highest BCUT2D eigenvalue weighted by molar-refractivity contribution is 5.85. The Labute approximate surface area is 144 Å². The van der Waals surface area contributed by atoms with Crippen molar-refractivity contribution in [2.45, 2.75) is 25.7 Å². The summed E-state index contributed by atoms with van der Waals surface area (Å²) in [6.45, 7) is 3.79. The Morgan fingerprint density at radius 2 is 2.28 bits per heavy atom. The summed E-state index contributed by atoms with van der Waals surface area (Å²) >= 11 is 0. The van der Waals surface area contributed by atoms with E-state index in [9.17, 15) is 9.70 Å². The molecule has 1 saturated carbocycles. The van der Waals surface area contributed by atoms with E-state index in [1.54, 1.807) is 31.3 Å². The number of rotatable bonds is 5. The zero-order valence-corrected chi connectivity index (χ0v) is 13.9. The average Bonchev–Trinajstić information content (AvgIpc) is 3.36. The lowest BCUT2D eigenvalue weighted by Gasteiger charge is -2.19. The zero-order chi connectivity index (χ0) is 18.0. The maximum Gasteiger partial charge on any atom is 0.290 e. The maximum absolute atomic E-state index is 11.8. The molecule has 25 heavy (non-hydrogen) atoms. The van der Waals surface area contributed by atoms with Gasteiger partial charge in [-0.2, -0.15) is 5.26 Å². The third kappa shape index (κ3) is 3.11. The van der Waals surface area contributed by atoms with E-state index in [4.69, 9.17) is 10.00 Å². The van der Waals surface area contributed by atoms with Gasteiger partial charge in [0.05, 0.1) is 36.0 Å². The molecule has 1 aliphatic carbocycles. The van der Waals surface area contributed by atoms with Crippen LogP contribution in [0.2, 0.25) is 0 Å². The standard InChI is InChI=1S/C18H16N4O3/c1-11-16(9-20-12(2)21-11)25-10-18(7-15(18)17(23)22-24)14-5-3-4-13(6-14)8-19/h3-6,9,15H,7,10H2,1-2H3. The van der Waals surface area contributed by atoms with Gasteiger partial charge in [0.25, 0.3) is 5.91 Å². The Hall–Kier alpha value is -3.14. The van der Waals surface area contributed by atoms with Crippen LogP contribution in [0.3, 0.4) is 0 Å². The number of carbonyl (C=O) groups is 1. The first-order valence-corrected chi connectivity index (χ1v) is 7.81. The lowest BCUT2D eigenvalue weighted by atomic mass is 9.92. The zero-order valence-electron chi connectivity index (χ0n) is 13.9. The molecule has 0 N–H and O–H groups in total. The first kappa shape index (κ1) is 16.7. The van der Waals surface area contributed by atoms with Gasteiger partial charge in [-0.15, -0.1) is 4.91 Å². The fourth-order valence-electron chi connectivity index (χ4n) is 3.07. The minimum atomic E-state index is -0.692. The molecule has 7 heteroatoms. The largest absolute Gasteiger partial charge is 0.489 e. The van der Waals surface area contributed by atoms with Crippen molar-refractivity contribution in [2.24, 2.45) is 11.1 Å². The smallest absolute Gasteiger partial charge is 0.290 e. The molecule has 126 valence electrons. The molecule has 1 aromatic carbocycles. The van der Waals surface area contributed by atoms with E-state index in [-0.39, 0.29) is 6.61 Å². The van der Waals surface area contributed by atoms with Crippen molar-refractivity contribution in [2.75, 3.05) is 6.61 Å². The summed E-state index contributed by atoms with van der Waals surface area (Å²) in [4.78, 5) is 30.9. The van der Waals surface area contributed by atoms with Gasteiger partial charge < -0.3 is 4.74 Å². The highest BCUT2D eigenvalue weighted by Gasteiger charge is 2.60. The Morgan fingerprint density at radius 3 is 2.96 bits per heavy atom. The number of nitroso groups, excluding NO2 is 1. The van der Waals surface area contributed by atoms with Crippen LogP contribution < -0.4 is 4.74 Å². The fraction of sp³-hybridized carbons (Fsp3) is 0.333. The van der Waals surface area contributed by atoms with Gasteiger partial charge in [0, 0.05) is 10.6 Å². The molecule has 0 radical (unpaired) electrons. The molecule has 0 aliphatic heterocycles. The molecule has 1 amide bonds. The summed E-state index contributed by atoms with van der Waals surface area (Å²) in [7, 11) is 0. The van der Waals surface area contributed by atoms with Gasteiger partial charge in [0.2, 0.25) is 0 Å². The highest BCUT2D eigenvalue weighted by Crippen LogP contribution is 2.55. The quantitative estimate of drug-likeness (QED) is 0.777. The van der Waals surface area contributed by atoms with Gasteiger partial charge in [-0.05, 0) is 38.0 Å². The van der Waals surface area contributed by atoms with Crippen LogP contribution in [0.5, 0.6) is 5.75 Å². The molecule has 2 unspecified atom stereocenters. The van der Waals surface area contributed by atoms with Crippen molar-refractivity contribution >= 4 is 5.91 Å². The van der Waals surface area contributed by atoms with Gasteiger partial charge in [0.15, 0.2) is 5.75 Å². The summed E-state index contributed by atoms with van der Waals surface area (Å²) < 4.78 is 5.87. The number of nitrogens with zero attached hydrogens (tertiary/aromatic N) is 4. The number of hydrogen-bond acceptors (Lipinski definition) is 6. The number of benzene rings is 1. The molecular weight excluding hydrogens is 320 g/mol. The first-order chi connectivity index (χ1) is 12.0. The number of aromatic nitrogens is 2. The predicted molar refractivity (Wildman–Crippen MR) is 88.7 cm³/mol. The van der Waals surface area contributed by atoms with E-state index < -0.39 is 17.2 Å². The number of nitriles is 1. The molecule has 7 nitrogen and oxygen atoms in total. The molecule has 1 aromatic heterocycles. The van der Waals surface area contributed by atoms with E-state index in [0.717, 1.165) is 5.56 Å². The Morgan fingerprint density at radius 1 is 1.48 bits per heavy atom. The molecule has 0 bridgehead atoms. The van der Waals surface area contributed by atoms with E-state index in [1.807, 2.05) is 13.0 Å². The van der Waals surface area contributed by atoms with Crippen molar-refractivity contribution in [3.05, 3.63) is 58.0 Å². The number of ether oxygens (including phenoxy) is 1. The van der Waals surface area contributed by atoms with Gasteiger partial charge in [-0.1, -0.05) is 12.1 Å². The van der Waals surface area contributed by atoms with Crippen LogP contribution in [0.25, 0.3) is 0 Å². The van der Waals surface area contributed by atoms with Gasteiger partial charge in [0.1, 0.15) is 5.82 Å². The molecule has 3 rings (SSSR count). The second kappa shape index (κ2) is 6.40. The van der Waals surface area contributed by atoms with Crippen molar-refractivity contribution in [3.8, 4) is 11.8 Å². The molecule has 1 heterocycles. The lowest BCUT2D eigenvalue weighted by Crippen LogP contribution is -2.23. The van der Waals surface area contributed by atoms with Crippen LogP contribution in [0.15, 0.2) is 35.6 Å². The van der Waals surface area contributed by atoms with Gasteiger partial charge >= 0.3 is 0 Å². The SMILES string of the molecule is Cc1ncc(OCC2(c3cccc(C#N)c3)CC2C(=O)N=O)c(C)n1. The van der Waals surface area contributed by atoms with Crippen LogP contribution in [0.4, 0.5) is 0 Å². The number of carbonyl (C=O) groups excluding carboxylic acids is 1. The van der Waals surface area contributed by atoms with Crippen LogP contribution in [-0.2, 0) is 10.2 Å². The number of hydrogen-bond donors (Lipinski definition) is 0. The summed E-state index contributed by atoms with van der Waals surface area (Å²) in [5.74, 6) is -0.0575. The van der Waals surface area contributed by atoms with Crippen molar-refractivity contribution < 1.29 is 9.53 Å². The monoisotopic (exact) mass is 336 g/mol. The van der Waals surface area contributed by atoms with Crippen LogP contribution in [0.1, 0.15) is 29.1 Å². The second-order valence-electron chi connectivity index (χ2n) is 6.19. The maximum atomic E-state index is 11.8. The third-order valence-corrected chi connectivity index (χ3v) is 4.57. The second-order valence-corrected chi connectivity index (χ2v) is 6.19. The lowest BCUT2D eigenvalue weighted by molar-refractivity contribution is -0.119. The predicted octanol–water partition coefficient (Wildman–Crippen LogP) is 2.59. The van der Waals surface area contributed by atoms with E-state index in [0.29, 0.717) is 29.3 Å². The first-order valence-electron chi connectivity index (χ1n) is 7.81. The summed E-state index contributed by atoms with van der Waals surface area (Å²) in [6, 6.07) is 9.08. The van der Waals surface area contributed by atoms with Crippen LogP contribution in [-0.4, -0.2) is 22.5 Å². The molecule has 0 saturated heterocycles. The minimum Gasteiger partial charge on any atom is -0.489 e. The van der Waals surface area contributed by atoms with Crippen molar-refractivity contribution in [1.82, 2.24) is 9.97 Å². The molecule has 2 aromatic rings. The number of aryl methyl sites for hydroxylation is 2. The average molecular weight is 336 g/mol. The molecule has 2 atom stereocenters. The minimum absolute atomic E-state index is 0.182. The topological polar surface area (TPSA) is 105 Å². The summed E-state index contributed by atoms with van der Waals surface area (Å²) in [6.07, 6.45) is 2.05. The Bertz CT molecular complexity index is 890. The van der Waals surface area contributed by atoms with E-state index in [2.05, 4.69) is 21.2 Å². The Kier molecular flexibility index (Phi) is 4.28. The molecule has 0 spiro atoms. The van der Waals surface area contributed by atoms with Gasteiger partial charge in [-0.25, -0.2) is 9.97 Å². The molecular formula is C18H16N4O3. The normalized spacial score (nSPS) is 21.2. The highest BCUT2D eigenvalue weighted by atomic mass is 16.5. The fourth-order valence-corrected chi connectivity index (χ4v) is 3.07. The van der Waals surface area contributed by atoms with Crippen LogP contribution in [0, 0.1) is 36.0 Å². The Balaban J connectivity index is 1.89. The van der Waals surface area contributed by atoms with Crippen molar-refractivity contribution in [1.29, 1.82) is 5.26 Å². The third-order valence-electron chi connectivity index (χ3n) is 4.57. The van der Waals surface area contributed by atoms with Crippen LogP contribution >= 0.6 is 0 Å². The van der Waals surface area contributed by atoms with E-state index >= 15 is 0 Å². The molecule has 1 aliphatic rings. The van der Waals surface area contributed by atoms with Gasteiger partial charge in [-0.3, -0.25) is 4.79 Å².